The van der Waals surface area contributed by atoms with Crippen LogP contribution in [0.5, 0.6) is 0 Å². The smallest absolute Gasteiger partial charge is 0.249 e. The molecule has 1 aromatic carbocycles. The molecule has 0 saturated carbocycles. The summed E-state index contributed by atoms with van der Waals surface area (Å²) in [5.41, 5.74) is 5.83. The van der Waals surface area contributed by atoms with Gasteiger partial charge in [-0.2, -0.15) is 0 Å². The van der Waals surface area contributed by atoms with Crippen molar-refractivity contribution >= 4 is 27.5 Å². The SMILES string of the molecule is Bc1nn(B)c(-c2ccccc2C=C)c1C. The molecule has 0 fully saturated rings. The second-order valence-electron chi connectivity index (χ2n) is 3.97. The molecule has 0 atom stereocenters. The van der Waals surface area contributed by atoms with E-state index in [4.69, 9.17) is 0 Å². The van der Waals surface area contributed by atoms with Crippen LogP contribution in [0.15, 0.2) is 30.8 Å². The van der Waals surface area contributed by atoms with E-state index >= 15 is 0 Å². The van der Waals surface area contributed by atoms with Gasteiger partial charge in [-0.25, -0.2) is 5.10 Å². The molecule has 78 valence electrons. The Hall–Kier alpha value is -1.70. The maximum Gasteiger partial charge on any atom is 0.249 e. The fraction of sp³-hybridized carbons (Fsp3) is 0.0833. The zero-order valence-corrected chi connectivity index (χ0v) is 9.99. The molecule has 0 radical (unpaired) electrons. The van der Waals surface area contributed by atoms with Crippen molar-refractivity contribution in [1.29, 1.82) is 0 Å². The Morgan fingerprint density at radius 2 is 2.06 bits per heavy atom. The van der Waals surface area contributed by atoms with Crippen molar-refractivity contribution in [3.63, 3.8) is 0 Å². The highest BCUT2D eigenvalue weighted by atomic mass is 15.2. The summed E-state index contributed by atoms with van der Waals surface area (Å²) in [5, 5.41) is 4.44. The molecule has 0 unspecified atom stereocenters. The van der Waals surface area contributed by atoms with Gasteiger partial charge < -0.3 is 4.59 Å². The normalized spacial score (nSPS) is 10.3. The standard InChI is InChI=1S/C12H14B2N2/c1-3-9-6-4-5-7-10(9)11-8(2)12(13)15-16(11)14/h3-7H,1,13-14H2,2H3. The van der Waals surface area contributed by atoms with Crippen molar-refractivity contribution in [2.24, 2.45) is 0 Å². The van der Waals surface area contributed by atoms with Crippen molar-refractivity contribution in [3.8, 4) is 11.3 Å². The Balaban J connectivity index is 2.71. The minimum atomic E-state index is 1.08. The van der Waals surface area contributed by atoms with Crippen molar-refractivity contribution in [3.05, 3.63) is 42.0 Å². The van der Waals surface area contributed by atoms with Gasteiger partial charge in [0.1, 0.15) is 0 Å². The van der Waals surface area contributed by atoms with Crippen LogP contribution in [0.2, 0.25) is 0 Å². The summed E-state index contributed by atoms with van der Waals surface area (Å²) in [6, 6.07) is 8.26. The van der Waals surface area contributed by atoms with Gasteiger partial charge >= 0.3 is 0 Å². The number of benzene rings is 1. The van der Waals surface area contributed by atoms with Gasteiger partial charge in [0.25, 0.3) is 0 Å². The largest absolute Gasteiger partial charge is 0.320 e. The van der Waals surface area contributed by atoms with E-state index in [2.05, 4.69) is 30.7 Å². The molecule has 1 aromatic heterocycles. The van der Waals surface area contributed by atoms with Crippen LogP contribution in [0.4, 0.5) is 0 Å². The molecule has 2 nitrogen and oxygen atoms in total. The Labute approximate surface area is 97.8 Å². The van der Waals surface area contributed by atoms with Gasteiger partial charge in [-0.3, -0.25) is 0 Å². The molecule has 0 aliphatic heterocycles. The summed E-state index contributed by atoms with van der Waals surface area (Å²) in [4.78, 5) is 0. The summed E-state index contributed by atoms with van der Waals surface area (Å²) < 4.78 is 1.94. The van der Waals surface area contributed by atoms with Crippen molar-refractivity contribution < 1.29 is 0 Å². The lowest BCUT2D eigenvalue weighted by molar-refractivity contribution is 1.01. The third-order valence-electron chi connectivity index (χ3n) is 2.96. The Morgan fingerprint density at radius 1 is 1.38 bits per heavy atom. The van der Waals surface area contributed by atoms with Crippen molar-refractivity contribution in [2.45, 2.75) is 6.92 Å². The first-order valence-corrected chi connectivity index (χ1v) is 5.37. The molecule has 4 heteroatoms. The van der Waals surface area contributed by atoms with Crippen LogP contribution in [0.3, 0.4) is 0 Å². The predicted molar refractivity (Wildman–Crippen MR) is 74.6 cm³/mol. The molecule has 0 bridgehead atoms. The number of nitrogens with zero attached hydrogens (tertiary/aromatic N) is 2. The molecule has 0 spiro atoms. The third-order valence-corrected chi connectivity index (χ3v) is 2.96. The Kier molecular flexibility index (Phi) is 2.73. The average molecular weight is 208 g/mol. The van der Waals surface area contributed by atoms with E-state index < -0.39 is 0 Å². The molecule has 0 amide bonds. The summed E-state index contributed by atoms with van der Waals surface area (Å²) in [6.45, 7) is 5.96. The summed E-state index contributed by atoms with van der Waals surface area (Å²) in [5.74, 6) is 0. The van der Waals surface area contributed by atoms with Crippen LogP contribution in [-0.4, -0.2) is 25.5 Å². The van der Waals surface area contributed by atoms with Crippen LogP contribution >= 0.6 is 0 Å². The summed E-state index contributed by atoms with van der Waals surface area (Å²) in [6.07, 6.45) is 1.89. The molecule has 2 aromatic rings. The van der Waals surface area contributed by atoms with Gasteiger partial charge in [0.05, 0.1) is 5.69 Å². The second-order valence-corrected chi connectivity index (χ2v) is 3.97. The molecule has 0 N–H and O–H groups in total. The minimum Gasteiger partial charge on any atom is -0.320 e. The van der Waals surface area contributed by atoms with Crippen LogP contribution in [-0.2, 0) is 0 Å². The van der Waals surface area contributed by atoms with Crippen LogP contribution in [0, 0.1) is 6.92 Å². The Morgan fingerprint density at radius 3 is 2.62 bits per heavy atom. The van der Waals surface area contributed by atoms with Gasteiger partial charge in [0, 0.05) is 11.2 Å². The van der Waals surface area contributed by atoms with Gasteiger partial charge in [0.15, 0.2) is 7.85 Å². The van der Waals surface area contributed by atoms with Crippen LogP contribution in [0.1, 0.15) is 11.1 Å². The lowest BCUT2D eigenvalue weighted by Gasteiger charge is -2.08. The number of rotatable bonds is 2. The van der Waals surface area contributed by atoms with E-state index in [1.807, 2.05) is 38.6 Å². The summed E-state index contributed by atoms with van der Waals surface area (Å²) >= 11 is 0. The first-order valence-electron chi connectivity index (χ1n) is 5.37. The molecule has 1 heterocycles. The minimum absolute atomic E-state index is 1.08. The molecule has 0 aliphatic rings. The maximum atomic E-state index is 4.44. The quantitative estimate of drug-likeness (QED) is 0.642. The third kappa shape index (κ3) is 1.60. The van der Waals surface area contributed by atoms with E-state index in [-0.39, 0.29) is 0 Å². The number of hydrogen-bond acceptors (Lipinski definition) is 1. The lowest BCUT2D eigenvalue weighted by Crippen LogP contribution is -2.08. The molecule has 16 heavy (non-hydrogen) atoms. The fourth-order valence-corrected chi connectivity index (χ4v) is 2.03. The van der Waals surface area contributed by atoms with Crippen LogP contribution in [0.25, 0.3) is 17.3 Å². The van der Waals surface area contributed by atoms with E-state index in [0.29, 0.717) is 0 Å². The van der Waals surface area contributed by atoms with Gasteiger partial charge in [-0.05, 0) is 18.1 Å². The van der Waals surface area contributed by atoms with Gasteiger partial charge in [-0.15, -0.1) is 0 Å². The predicted octanol–water partition coefficient (Wildman–Crippen LogP) is 0.156. The summed E-state index contributed by atoms with van der Waals surface area (Å²) in [7, 11) is 4.02. The van der Waals surface area contributed by atoms with E-state index in [9.17, 15) is 0 Å². The number of aromatic nitrogens is 2. The van der Waals surface area contributed by atoms with Gasteiger partial charge in [0.2, 0.25) is 7.98 Å². The first kappa shape index (κ1) is 10.8. The van der Waals surface area contributed by atoms with Gasteiger partial charge in [-0.1, -0.05) is 36.9 Å². The molecule has 0 saturated heterocycles. The molecular formula is C12H14B2N2. The second kappa shape index (κ2) is 4.05. The highest BCUT2D eigenvalue weighted by molar-refractivity contribution is 6.32. The fourth-order valence-electron chi connectivity index (χ4n) is 2.03. The Bertz CT molecular complexity index is 544. The molecular weight excluding hydrogens is 194 g/mol. The zero-order valence-electron chi connectivity index (χ0n) is 9.99. The van der Waals surface area contributed by atoms with E-state index in [1.165, 1.54) is 16.8 Å². The highest BCUT2D eigenvalue weighted by Crippen LogP contribution is 2.25. The van der Waals surface area contributed by atoms with E-state index in [0.717, 1.165) is 11.2 Å². The topological polar surface area (TPSA) is 17.8 Å². The highest BCUT2D eigenvalue weighted by Gasteiger charge is 2.12. The van der Waals surface area contributed by atoms with Crippen molar-refractivity contribution in [1.82, 2.24) is 9.69 Å². The first-order chi connectivity index (χ1) is 7.65. The number of hydrogen-bond donors (Lipinski definition) is 0. The molecule has 2 rings (SSSR count). The lowest BCUT2D eigenvalue weighted by atomic mass is 9.94. The van der Waals surface area contributed by atoms with Crippen molar-refractivity contribution in [2.75, 3.05) is 0 Å². The van der Waals surface area contributed by atoms with Crippen LogP contribution < -0.4 is 5.59 Å². The monoisotopic (exact) mass is 208 g/mol. The molecule has 0 aliphatic carbocycles. The van der Waals surface area contributed by atoms with E-state index in [1.54, 1.807) is 0 Å². The average Bonchev–Trinajstić information content (AvgIpc) is 2.53. The maximum absolute atomic E-state index is 4.44. The zero-order chi connectivity index (χ0) is 11.7.